The van der Waals surface area contributed by atoms with Gasteiger partial charge in [0.05, 0.1) is 19.4 Å². The standard InChI is InChI=1S/C6H12O3S.C3H6O2S2/c7-3-1-4-9-6(8)2-5-10;4-3(5-7)1-2-6/h7,10H,1-5H2;6-7H,1-2H2. The molecule has 0 atom stereocenters. The van der Waals surface area contributed by atoms with E-state index >= 15 is 0 Å². The highest BCUT2D eigenvalue weighted by atomic mass is 32.1. The van der Waals surface area contributed by atoms with E-state index in [1.807, 2.05) is 0 Å². The molecule has 0 amide bonds. The van der Waals surface area contributed by atoms with E-state index in [-0.39, 0.29) is 18.5 Å². The van der Waals surface area contributed by atoms with Crippen LogP contribution in [0.2, 0.25) is 0 Å². The zero-order valence-corrected chi connectivity index (χ0v) is 12.1. The first kappa shape index (κ1) is 19.3. The third kappa shape index (κ3) is 18.5. The first-order valence-electron chi connectivity index (χ1n) is 4.94. The van der Waals surface area contributed by atoms with Crippen molar-refractivity contribution in [2.24, 2.45) is 0 Å². The van der Waals surface area contributed by atoms with Gasteiger partial charge in [-0.05, 0) is 0 Å². The highest BCUT2D eigenvalue weighted by Crippen LogP contribution is 1.90. The molecule has 0 heterocycles. The van der Waals surface area contributed by atoms with Crippen LogP contribution in [0.3, 0.4) is 0 Å². The molecule has 102 valence electrons. The van der Waals surface area contributed by atoms with Gasteiger partial charge in [0.25, 0.3) is 0 Å². The van der Waals surface area contributed by atoms with Crippen molar-refractivity contribution < 1.29 is 23.6 Å². The lowest BCUT2D eigenvalue weighted by Crippen LogP contribution is -2.06. The van der Waals surface area contributed by atoms with Crippen LogP contribution >= 0.6 is 38.2 Å². The predicted octanol–water partition coefficient (Wildman–Crippen LogP) is 0.926. The summed E-state index contributed by atoms with van der Waals surface area (Å²) in [7, 11) is 0. The van der Waals surface area contributed by atoms with Gasteiger partial charge in [-0.2, -0.15) is 25.3 Å². The number of hydrogen-bond acceptors (Lipinski definition) is 8. The van der Waals surface area contributed by atoms with E-state index in [9.17, 15) is 9.59 Å². The molecule has 0 fully saturated rings. The Hall–Kier alpha value is -0.0500. The number of hydrogen-bond donors (Lipinski definition) is 4. The predicted molar refractivity (Wildman–Crippen MR) is 74.7 cm³/mol. The molecular weight excluding hydrogens is 284 g/mol. The third-order valence-electron chi connectivity index (χ3n) is 1.30. The van der Waals surface area contributed by atoms with Crippen LogP contribution < -0.4 is 0 Å². The molecule has 0 saturated heterocycles. The van der Waals surface area contributed by atoms with Crippen molar-refractivity contribution in [2.45, 2.75) is 19.3 Å². The van der Waals surface area contributed by atoms with Crippen LogP contribution in [0.15, 0.2) is 0 Å². The molecule has 0 aromatic rings. The normalized spacial score (nSPS) is 8.94. The molecule has 0 aliphatic carbocycles. The van der Waals surface area contributed by atoms with Crippen molar-refractivity contribution in [1.29, 1.82) is 0 Å². The van der Waals surface area contributed by atoms with Gasteiger partial charge < -0.3 is 14.0 Å². The van der Waals surface area contributed by atoms with Crippen molar-refractivity contribution >= 4 is 50.1 Å². The molecule has 0 aliphatic heterocycles. The van der Waals surface area contributed by atoms with Gasteiger partial charge >= 0.3 is 11.9 Å². The fourth-order valence-electron chi connectivity index (χ4n) is 0.551. The maximum absolute atomic E-state index is 10.6. The molecule has 0 aromatic carbocycles. The molecule has 0 spiro atoms. The van der Waals surface area contributed by atoms with Crippen molar-refractivity contribution in [2.75, 3.05) is 24.7 Å². The summed E-state index contributed by atoms with van der Waals surface area (Å²) in [5, 5.41) is 8.30. The van der Waals surface area contributed by atoms with Crippen molar-refractivity contribution in [3.63, 3.8) is 0 Å². The van der Waals surface area contributed by atoms with Gasteiger partial charge in [0.1, 0.15) is 0 Å². The average Bonchev–Trinajstić information content (AvgIpc) is 2.31. The molecular formula is C9H18O5S3. The topological polar surface area (TPSA) is 72.8 Å². The Morgan fingerprint density at radius 3 is 1.94 bits per heavy atom. The number of aliphatic hydroxyl groups excluding tert-OH is 1. The summed E-state index contributed by atoms with van der Waals surface area (Å²) in [6.07, 6.45) is 1.18. The van der Waals surface area contributed by atoms with E-state index in [0.29, 0.717) is 37.4 Å². The molecule has 0 aromatic heterocycles. The number of carbonyl (C=O) groups excluding carboxylic acids is 2. The molecule has 17 heavy (non-hydrogen) atoms. The maximum Gasteiger partial charge on any atom is 0.318 e. The Morgan fingerprint density at radius 2 is 1.59 bits per heavy atom. The molecule has 0 radical (unpaired) electrons. The molecule has 1 N–H and O–H groups in total. The fourth-order valence-corrected chi connectivity index (χ4v) is 1.01. The van der Waals surface area contributed by atoms with Crippen LogP contribution in [0.25, 0.3) is 0 Å². The van der Waals surface area contributed by atoms with Gasteiger partial charge in [-0.25, -0.2) is 0 Å². The molecule has 0 unspecified atom stereocenters. The number of rotatable bonds is 7. The Labute approximate surface area is 118 Å². The van der Waals surface area contributed by atoms with E-state index in [1.165, 1.54) is 0 Å². The summed E-state index contributed by atoms with van der Waals surface area (Å²) in [6.45, 7) is 0.372. The number of ether oxygens (including phenoxy) is 1. The molecule has 8 heteroatoms. The second kappa shape index (κ2) is 16.0. The van der Waals surface area contributed by atoms with E-state index in [2.05, 4.69) is 47.1 Å². The van der Waals surface area contributed by atoms with Crippen LogP contribution in [-0.4, -0.2) is 41.8 Å². The number of thiol groups is 3. The molecule has 0 aliphatic rings. The Balaban J connectivity index is 0. The van der Waals surface area contributed by atoms with E-state index in [4.69, 9.17) is 5.11 Å². The Morgan fingerprint density at radius 1 is 1.06 bits per heavy atom. The van der Waals surface area contributed by atoms with Crippen molar-refractivity contribution in [1.82, 2.24) is 0 Å². The van der Waals surface area contributed by atoms with E-state index in [1.54, 1.807) is 0 Å². The monoisotopic (exact) mass is 302 g/mol. The minimum atomic E-state index is -0.335. The summed E-state index contributed by atoms with van der Waals surface area (Å²) >= 11 is 10.9. The number of aliphatic hydroxyl groups is 1. The van der Waals surface area contributed by atoms with Crippen LogP contribution in [0.1, 0.15) is 19.3 Å². The largest absolute Gasteiger partial charge is 0.466 e. The number of carbonyl (C=O) groups is 2. The lowest BCUT2D eigenvalue weighted by Gasteiger charge is -2.00. The molecule has 0 rings (SSSR count). The molecule has 0 bridgehead atoms. The fraction of sp³-hybridized carbons (Fsp3) is 0.778. The van der Waals surface area contributed by atoms with Crippen molar-refractivity contribution in [3.8, 4) is 0 Å². The maximum atomic E-state index is 10.6. The average molecular weight is 302 g/mol. The molecule has 5 nitrogen and oxygen atoms in total. The van der Waals surface area contributed by atoms with E-state index in [0.717, 1.165) is 0 Å². The van der Waals surface area contributed by atoms with Gasteiger partial charge in [0, 0.05) is 37.4 Å². The minimum Gasteiger partial charge on any atom is -0.466 e. The van der Waals surface area contributed by atoms with Crippen LogP contribution in [-0.2, 0) is 18.5 Å². The number of esters is 1. The minimum absolute atomic E-state index is 0.0636. The van der Waals surface area contributed by atoms with Gasteiger partial charge in [0.2, 0.25) is 0 Å². The quantitative estimate of drug-likeness (QED) is 0.244. The summed E-state index contributed by atoms with van der Waals surface area (Å²) < 4.78 is 8.67. The van der Waals surface area contributed by atoms with Gasteiger partial charge in [-0.15, -0.1) is 0 Å². The first-order chi connectivity index (χ1) is 8.12. The van der Waals surface area contributed by atoms with Gasteiger partial charge in [-0.3, -0.25) is 9.59 Å². The Kier molecular flexibility index (Phi) is 18.1. The summed E-state index contributed by atoms with van der Waals surface area (Å²) in [6, 6.07) is 0. The first-order valence-corrected chi connectivity index (χ1v) is 6.57. The lowest BCUT2D eigenvalue weighted by atomic mass is 10.5. The van der Waals surface area contributed by atoms with Gasteiger partial charge in [0.15, 0.2) is 0 Å². The van der Waals surface area contributed by atoms with Crippen LogP contribution in [0.4, 0.5) is 0 Å². The van der Waals surface area contributed by atoms with Crippen molar-refractivity contribution in [3.05, 3.63) is 0 Å². The van der Waals surface area contributed by atoms with Crippen LogP contribution in [0, 0.1) is 0 Å². The van der Waals surface area contributed by atoms with E-state index < -0.39 is 0 Å². The third-order valence-corrected chi connectivity index (χ3v) is 1.95. The molecule has 0 saturated carbocycles. The second-order valence-electron chi connectivity index (χ2n) is 2.71. The SMILES string of the molecule is O=C(CCS)OCCCO.O=C(CCS)OS. The highest BCUT2D eigenvalue weighted by Gasteiger charge is 1.98. The summed E-state index contributed by atoms with van der Waals surface area (Å²) in [4.78, 5) is 20.6. The zero-order valence-electron chi connectivity index (χ0n) is 9.37. The summed E-state index contributed by atoms with van der Waals surface area (Å²) in [5.41, 5.74) is 0. The second-order valence-corrected chi connectivity index (χ2v) is 3.79. The highest BCUT2D eigenvalue weighted by molar-refractivity contribution is 7.80. The lowest BCUT2D eigenvalue weighted by molar-refractivity contribution is -0.143. The Bertz CT molecular complexity index is 201. The van der Waals surface area contributed by atoms with Gasteiger partial charge in [-0.1, -0.05) is 0 Å². The summed E-state index contributed by atoms with van der Waals surface area (Å²) in [5.74, 6) is 0.443. The zero-order chi connectivity index (χ0) is 13.5. The smallest absolute Gasteiger partial charge is 0.318 e. The van der Waals surface area contributed by atoms with Crippen LogP contribution in [0.5, 0.6) is 0 Å².